The van der Waals surface area contributed by atoms with Crippen LogP contribution in [0.25, 0.3) is 6.08 Å². The molecule has 0 aromatic heterocycles. The van der Waals surface area contributed by atoms with Gasteiger partial charge in [-0.05, 0) is 37.0 Å². The molecule has 1 aliphatic carbocycles. The Morgan fingerprint density at radius 2 is 1.89 bits per heavy atom. The first kappa shape index (κ1) is 21.5. The number of nitrogens with zero attached hydrogens (tertiary/aromatic N) is 1. The summed E-state index contributed by atoms with van der Waals surface area (Å²) in [5.74, 6) is -1.24. The quantitative estimate of drug-likeness (QED) is 0.416. The van der Waals surface area contributed by atoms with Crippen molar-refractivity contribution in [1.29, 1.82) is 5.26 Å². The monoisotopic (exact) mass is 400 g/mol. The molecule has 1 amide bonds. The second-order valence-electron chi connectivity index (χ2n) is 6.47. The lowest BCUT2D eigenvalue weighted by atomic mass is 9.86. The van der Waals surface area contributed by atoms with Gasteiger partial charge in [-0.15, -0.1) is 0 Å². The molecule has 1 N–H and O–H groups in total. The first-order chi connectivity index (χ1) is 13.3. The normalized spacial score (nSPS) is 20.0. The number of rotatable bonds is 7. The zero-order valence-corrected chi connectivity index (χ0v) is 15.1. The third-order valence-electron chi connectivity index (χ3n) is 4.52. The number of carbonyl (C=O) groups is 1. The van der Waals surface area contributed by atoms with Crippen LogP contribution >= 0.6 is 0 Å². The summed E-state index contributed by atoms with van der Waals surface area (Å²) >= 11 is 0. The molecule has 0 saturated heterocycles. The zero-order valence-electron chi connectivity index (χ0n) is 15.1. The van der Waals surface area contributed by atoms with E-state index in [2.05, 4.69) is 14.8 Å². The van der Waals surface area contributed by atoms with Gasteiger partial charge < -0.3 is 14.8 Å². The lowest BCUT2D eigenvalue weighted by molar-refractivity contribution is -0.118. The Labute approximate surface area is 159 Å². The fraction of sp³-hybridized carbons (Fsp3) is 0.474. The molecule has 0 spiro atoms. The van der Waals surface area contributed by atoms with Crippen molar-refractivity contribution in [2.45, 2.75) is 51.9 Å². The number of hydrogen-bond donors (Lipinski definition) is 1. The Balaban J connectivity index is 2.25. The number of ether oxygens (including phenoxy) is 2. The van der Waals surface area contributed by atoms with E-state index in [0.717, 1.165) is 50.0 Å². The molecule has 1 fully saturated rings. The van der Waals surface area contributed by atoms with Crippen molar-refractivity contribution < 1.29 is 31.8 Å². The fourth-order valence-corrected chi connectivity index (χ4v) is 3.09. The molecular formula is C19H20F4N2O3. The number of nitrogens with one attached hydrogen (secondary N) is 1. The van der Waals surface area contributed by atoms with Crippen molar-refractivity contribution in [3.8, 4) is 17.6 Å². The van der Waals surface area contributed by atoms with E-state index < -0.39 is 24.9 Å². The van der Waals surface area contributed by atoms with Crippen LogP contribution in [0.15, 0.2) is 23.8 Å². The van der Waals surface area contributed by atoms with Crippen molar-refractivity contribution in [2.24, 2.45) is 5.92 Å². The molecule has 0 bridgehead atoms. The lowest BCUT2D eigenvalue weighted by Crippen LogP contribution is -2.41. The Bertz CT molecular complexity index is 762. The van der Waals surface area contributed by atoms with E-state index in [1.165, 1.54) is 0 Å². The fourth-order valence-electron chi connectivity index (χ4n) is 3.09. The molecule has 1 saturated carbocycles. The molecule has 1 aliphatic rings. The highest BCUT2D eigenvalue weighted by Gasteiger charge is 2.24. The maximum Gasteiger partial charge on any atom is 0.387 e. The van der Waals surface area contributed by atoms with Crippen LogP contribution in [0.2, 0.25) is 0 Å². The van der Waals surface area contributed by atoms with E-state index in [4.69, 9.17) is 0 Å². The van der Waals surface area contributed by atoms with E-state index in [1.54, 1.807) is 6.07 Å². The van der Waals surface area contributed by atoms with Gasteiger partial charge in [-0.3, -0.25) is 4.79 Å². The summed E-state index contributed by atoms with van der Waals surface area (Å²) in [6.45, 7) is -4.36. The summed E-state index contributed by atoms with van der Waals surface area (Å²) in [6, 6.07) is 4.77. The summed E-state index contributed by atoms with van der Waals surface area (Å²) < 4.78 is 58.4. The predicted molar refractivity (Wildman–Crippen MR) is 92.9 cm³/mol. The standard InChI is InChI=1S/C19H20F4N2O3/c1-11-4-2-3-5-15(11)25-17(26)13(10-24)8-12-6-7-14(27-18(20)21)9-16(12)28-19(22)23/h6-9,11,15,18-19H,2-5H2,1H3,(H,25,26)/b13-8+/t11-,15-/m0/s1. The lowest BCUT2D eigenvalue weighted by Gasteiger charge is -2.29. The highest BCUT2D eigenvalue weighted by Crippen LogP contribution is 2.29. The Morgan fingerprint density at radius 1 is 1.21 bits per heavy atom. The van der Waals surface area contributed by atoms with Crippen LogP contribution in [0.3, 0.4) is 0 Å². The Morgan fingerprint density at radius 3 is 2.50 bits per heavy atom. The first-order valence-electron chi connectivity index (χ1n) is 8.76. The van der Waals surface area contributed by atoms with Gasteiger partial charge in [0.05, 0.1) is 0 Å². The van der Waals surface area contributed by atoms with Gasteiger partial charge in [-0.1, -0.05) is 19.8 Å². The molecule has 0 aliphatic heterocycles. The van der Waals surface area contributed by atoms with Crippen molar-refractivity contribution in [3.63, 3.8) is 0 Å². The van der Waals surface area contributed by atoms with Gasteiger partial charge in [0.1, 0.15) is 23.1 Å². The van der Waals surface area contributed by atoms with Gasteiger partial charge in [-0.25, -0.2) is 0 Å². The van der Waals surface area contributed by atoms with Crippen molar-refractivity contribution >= 4 is 12.0 Å². The van der Waals surface area contributed by atoms with Gasteiger partial charge in [0, 0.05) is 17.7 Å². The van der Waals surface area contributed by atoms with Gasteiger partial charge in [-0.2, -0.15) is 22.8 Å². The van der Waals surface area contributed by atoms with Crippen LogP contribution < -0.4 is 14.8 Å². The molecule has 0 unspecified atom stereocenters. The Hall–Kier alpha value is -2.76. The molecule has 0 radical (unpaired) electrons. The average molecular weight is 400 g/mol. The minimum Gasteiger partial charge on any atom is -0.435 e. The van der Waals surface area contributed by atoms with E-state index in [1.807, 2.05) is 6.92 Å². The second-order valence-corrected chi connectivity index (χ2v) is 6.47. The number of amides is 1. The SMILES string of the molecule is C[C@H]1CCCC[C@@H]1NC(=O)/C(C#N)=C/c1ccc(OC(F)F)cc1OC(F)F. The molecule has 1 aromatic carbocycles. The summed E-state index contributed by atoms with van der Waals surface area (Å²) in [7, 11) is 0. The maximum atomic E-state index is 12.6. The van der Waals surface area contributed by atoms with E-state index in [9.17, 15) is 27.6 Å². The molecule has 28 heavy (non-hydrogen) atoms. The summed E-state index contributed by atoms with van der Waals surface area (Å²) in [6.07, 6.45) is 4.89. The summed E-state index contributed by atoms with van der Waals surface area (Å²) in [5, 5.41) is 12.1. The first-order valence-corrected chi connectivity index (χ1v) is 8.76. The minimum atomic E-state index is -3.23. The number of hydrogen-bond acceptors (Lipinski definition) is 4. The highest BCUT2D eigenvalue weighted by molar-refractivity contribution is 6.02. The van der Waals surface area contributed by atoms with Crippen molar-refractivity contribution in [1.82, 2.24) is 5.32 Å². The summed E-state index contributed by atoms with van der Waals surface area (Å²) in [5.41, 5.74) is -0.343. The van der Waals surface area contributed by atoms with Crippen LogP contribution in [-0.4, -0.2) is 25.2 Å². The van der Waals surface area contributed by atoms with Gasteiger partial charge >= 0.3 is 13.2 Å². The minimum absolute atomic E-state index is 0.0368. The topological polar surface area (TPSA) is 71.4 Å². The van der Waals surface area contributed by atoms with Crippen LogP contribution in [0.5, 0.6) is 11.5 Å². The molecular weight excluding hydrogens is 380 g/mol. The van der Waals surface area contributed by atoms with Crippen LogP contribution in [0.1, 0.15) is 38.2 Å². The molecule has 2 rings (SSSR count). The molecule has 5 nitrogen and oxygen atoms in total. The second kappa shape index (κ2) is 9.97. The predicted octanol–water partition coefficient (Wildman–Crippen LogP) is 4.49. The van der Waals surface area contributed by atoms with E-state index in [0.29, 0.717) is 0 Å². The summed E-state index contributed by atoms with van der Waals surface area (Å²) in [4.78, 5) is 12.4. The van der Waals surface area contributed by atoms with Gasteiger partial charge in [0.15, 0.2) is 0 Å². The number of benzene rings is 1. The molecule has 2 atom stereocenters. The largest absolute Gasteiger partial charge is 0.435 e. The number of halogens is 4. The van der Waals surface area contributed by atoms with Crippen LogP contribution in [0, 0.1) is 17.2 Å². The molecule has 1 aromatic rings. The van der Waals surface area contributed by atoms with E-state index in [-0.39, 0.29) is 28.8 Å². The number of alkyl halides is 4. The zero-order chi connectivity index (χ0) is 20.7. The van der Waals surface area contributed by atoms with Crippen molar-refractivity contribution in [3.05, 3.63) is 29.3 Å². The van der Waals surface area contributed by atoms with E-state index >= 15 is 0 Å². The van der Waals surface area contributed by atoms with Crippen LogP contribution in [-0.2, 0) is 4.79 Å². The van der Waals surface area contributed by atoms with Gasteiger partial charge in [0.25, 0.3) is 5.91 Å². The highest BCUT2D eigenvalue weighted by atomic mass is 19.3. The van der Waals surface area contributed by atoms with Crippen molar-refractivity contribution in [2.75, 3.05) is 0 Å². The molecule has 152 valence electrons. The average Bonchev–Trinajstić information content (AvgIpc) is 2.62. The molecule has 0 heterocycles. The maximum absolute atomic E-state index is 12.6. The number of nitriles is 1. The smallest absolute Gasteiger partial charge is 0.387 e. The Kier molecular flexibility index (Phi) is 7.67. The third-order valence-corrected chi connectivity index (χ3v) is 4.52. The van der Waals surface area contributed by atoms with Crippen LogP contribution in [0.4, 0.5) is 17.6 Å². The van der Waals surface area contributed by atoms with Gasteiger partial charge in [0.2, 0.25) is 0 Å². The number of carbonyl (C=O) groups excluding carboxylic acids is 1. The third kappa shape index (κ3) is 6.15. The molecule has 9 heteroatoms.